The second kappa shape index (κ2) is 4.16. The molecule has 0 aliphatic carbocycles. The van der Waals surface area contributed by atoms with E-state index in [-0.39, 0.29) is 6.42 Å². The number of hydrogen-bond acceptors (Lipinski definition) is 0. The Morgan fingerprint density at radius 3 is 1.87 bits per heavy atom. The number of hydrogen-bond donors (Lipinski definition) is 0. The fourth-order valence-electron chi connectivity index (χ4n) is 1.09. The summed E-state index contributed by atoms with van der Waals surface area (Å²) < 4.78 is 60.3. The highest BCUT2D eigenvalue weighted by atomic mass is 19.4. The summed E-state index contributed by atoms with van der Waals surface area (Å²) in [5, 5.41) is 0. The van der Waals surface area contributed by atoms with Gasteiger partial charge in [-0.2, -0.15) is 22.0 Å². The van der Waals surface area contributed by atoms with E-state index < -0.39 is 18.5 Å². The standard InChI is InChI=1S/C10H9F5/c11-9(12,10(13,14)15)7-6-8-4-2-1-3-5-8/h1-5H,6-7H2. The summed E-state index contributed by atoms with van der Waals surface area (Å²) in [7, 11) is 0. The van der Waals surface area contributed by atoms with Gasteiger partial charge in [-0.25, -0.2) is 0 Å². The Kier molecular flexibility index (Phi) is 3.31. The summed E-state index contributed by atoms with van der Waals surface area (Å²) >= 11 is 0. The third-order valence-electron chi connectivity index (χ3n) is 1.99. The first-order valence-corrected chi connectivity index (χ1v) is 4.31. The molecule has 0 saturated carbocycles. The van der Waals surface area contributed by atoms with Crippen molar-refractivity contribution in [1.82, 2.24) is 0 Å². The van der Waals surface area contributed by atoms with Gasteiger partial charge in [-0.3, -0.25) is 0 Å². The lowest BCUT2D eigenvalue weighted by Crippen LogP contribution is -2.36. The van der Waals surface area contributed by atoms with Crippen molar-refractivity contribution in [2.75, 3.05) is 0 Å². The summed E-state index contributed by atoms with van der Waals surface area (Å²) in [4.78, 5) is 0. The Hall–Kier alpha value is -1.13. The van der Waals surface area contributed by atoms with E-state index in [4.69, 9.17) is 0 Å². The lowest BCUT2D eigenvalue weighted by Gasteiger charge is -2.19. The third kappa shape index (κ3) is 3.18. The maximum Gasteiger partial charge on any atom is 0.453 e. The predicted octanol–water partition coefficient (Wildman–Crippen LogP) is 3.82. The molecule has 0 aromatic heterocycles. The van der Waals surface area contributed by atoms with Crippen LogP contribution in [-0.4, -0.2) is 12.1 Å². The van der Waals surface area contributed by atoms with Crippen LogP contribution in [0.3, 0.4) is 0 Å². The maximum absolute atomic E-state index is 12.5. The maximum atomic E-state index is 12.5. The van der Waals surface area contributed by atoms with Crippen molar-refractivity contribution >= 4 is 0 Å². The highest BCUT2D eigenvalue weighted by Gasteiger charge is 2.56. The summed E-state index contributed by atoms with van der Waals surface area (Å²) in [5.41, 5.74) is 0.474. The Bertz CT molecular complexity index is 301. The van der Waals surface area contributed by atoms with E-state index in [1.165, 1.54) is 12.1 Å². The van der Waals surface area contributed by atoms with Crippen LogP contribution in [0.1, 0.15) is 12.0 Å². The molecule has 1 rings (SSSR count). The second-order valence-corrected chi connectivity index (χ2v) is 3.19. The second-order valence-electron chi connectivity index (χ2n) is 3.19. The molecule has 15 heavy (non-hydrogen) atoms. The molecular formula is C10H9F5. The van der Waals surface area contributed by atoms with Crippen LogP contribution in [0.5, 0.6) is 0 Å². The smallest absolute Gasteiger partial charge is 0.196 e. The van der Waals surface area contributed by atoms with E-state index in [1.807, 2.05) is 0 Å². The summed E-state index contributed by atoms with van der Waals surface area (Å²) in [5.74, 6) is -4.61. The van der Waals surface area contributed by atoms with Crippen LogP contribution < -0.4 is 0 Å². The minimum Gasteiger partial charge on any atom is -0.196 e. The first-order chi connectivity index (χ1) is 6.83. The Morgan fingerprint density at radius 1 is 0.867 bits per heavy atom. The van der Waals surface area contributed by atoms with Gasteiger partial charge in [-0.05, 0) is 12.0 Å². The molecule has 0 spiro atoms. The van der Waals surface area contributed by atoms with E-state index in [0.717, 1.165) is 0 Å². The van der Waals surface area contributed by atoms with E-state index >= 15 is 0 Å². The Balaban J connectivity index is 2.58. The van der Waals surface area contributed by atoms with E-state index in [9.17, 15) is 22.0 Å². The van der Waals surface area contributed by atoms with Gasteiger partial charge < -0.3 is 0 Å². The molecule has 5 heteroatoms. The minimum atomic E-state index is -5.46. The highest BCUT2D eigenvalue weighted by Crippen LogP contribution is 2.38. The van der Waals surface area contributed by atoms with Crippen molar-refractivity contribution in [3.05, 3.63) is 35.9 Å². The number of alkyl halides is 5. The molecular weight excluding hydrogens is 215 g/mol. The fraction of sp³-hybridized carbons (Fsp3) is 0.400. The predicted molar refractivity (Wildman–Crippen MR) is 45.8 cm³/mol. The van der Waals surface area contributed by atoms with Crippen LogP contribution in [0.2, 0.25) is 0 Å². The SMILES string of the molecule is FC(F)(F)C(F)(F)CCc1ccccc1. The molecule has 0 aliphatic rings. The van der Waals surface area contributed by atoms with Gasteiger partial charge in [0.05, 0.1) is 0 Å². The zero-order valence-corrected chi connectivity index (χ0v) is 7.69. The van der Waals surface area contributed by atoms with Crippen LogP contribution in [0.15, 0.2) is 30.3 Å². The number of benzene rings is 1. The average molecular weight is 224 g/mol. The minimum absolute atomic E-state index is 0.284. The molecule has 0 nitrogen and oxygen atoms in total. The first-order valence-electron chi connectivity index (χ1n) is 4.31. The van der Waals surface area contributed by atoms with Crippen LogP contribution in [-0.2, 0) is 6.42 Å². The number of halogens is 5. The van der Waals surface area contributed by atoms with Crippen molar-refractivity contribution in [1.29, 1.82) is 0 Å². The molecule has 0 fully saturated rings. The highest BCUT2D eigenvalue weighted by molar-refractivity contribution is 5.14. The van der Waals surface area contributed by atoms with Gasteiger partial charge in [0.25, 0.3) is 0 Å². The quantitative estimate of drug-likeness (QED) is 0.684. The molecule has 0 aliphatic heterocycles. The van der Waals surface area contributed by atoms with E-state index in [0.29, 0.717) is 5.56 Å². The van der Waals surface area contributed by atoms with E-state index in [1.54, 1.807) is 18.2 Å². The van der Waals surface area contributed by atoms with Gasteiger partial charge in [-0.1, -0.05) is 30.3 Å². The van der Waals surface area contributed by atoms with Crippen LogP contribution in [0.4, 0.5) is 22.0 Å². The van der Waals surface area contributed by atoms with Crippen LogP contribution in [0, 0.1) is 0 Å². The van der Waals surface area contributed by atoms with Gasteiger partial charge in [0.1, 0.15) is 0 Å². The molecule has 0 N–H and O–H groups in total. The monoisotopic (exact) mass is 224 g/mol. The molecule has 0 heterocycles. The normalized spacial score (nSPS) is 12.9. The molecule has 0 atom stereocenters. The largest absolute Gasteiger partial charge is 0.453 e. The Morgan fingerprint density at radius 2 is 1.40 bits per heavy atom. The molecule has 0 saturated heterocycles. The molecule has 0 amide bonds. The molecule has 0 bridgehead atoms. The van der Waals surface area contributed by atoms with Crippen molar-refractivity contribution in [3.63, 3.8) is 0 Å². The topological polar surface area (TPSA) is 0 Å². The van der Waals surface area contributed by atoms with Gasteiger partial charge in [-0.15, -0.1) is 0 Å². The van der Waals surface area contributed by atoms with Crippen molar-refractivity contribution < 1.29 is 22.0 Å². The van der Waals surface area contributed by atoms with Gasteiger partial charge in [0.2, 0.25) is 0 Å². The Labute approximate surface area is 83.7 Å². The average Bonchev–Trinajstić information content (AvgIpc) is 2.15. The van der Waals surface area contributed by atoms with Crippen molar-refractivity contribution in [3.8, 4) is 0 Å². The molecule has 1 aromatic carbocycles. The summed E-state index contributed by atoms with van der Waals surface area (Å²) in [6.07, 6.45) is -6.95. The van der Waals surface area contributed by atoms with Gasteiger partial charge in [0.15, 0.2) is 0 Å². The van der Waals surface area contributed by atoms with Crippen LogP contribution in [0.25, 0.3) is 0 Å². The molecule has 0 radical (unpaired) electrons. The number of aryl methyl sites for hydroxylation is 1. The molecule has 1 aromatic rings. The lowest BCUT2D eigenvalue weighted by atomic mass is 10.1. The lowest BCUT2D eigenvalue weighted by molar-refractivity contribution is -0.284. The number of rotatable bonds is 3. The zero-order chi connectivity index (χ0) is 11.5. The van der Waals surface area contributed by atoms with Crippen molar-refractivity contribution in [2.45, 2.75) is 24.9 Å². The van der Waals surface area contributed by atoms with Crippen LogP contribution >= 0.6 is 0 Å². The fourth-order valence-corrected chi connectivity index (χ4v) is 1.09. The van der Waals surface area contributed by atoms with Gasteiger partial charge >= 0.3 is 12.1 Å². The van der Waals surface area contributed by atoms with Gasteiger partial charge in [0, 0.05) is 6.42 Å². The third-order valence-corrected chi connectivity index (χ3v) is 1.99. The summed E-state index contributed by atoms with van der Waals surface area (Å²) in [6, 6.07) is 7.91. The zero-order valence-electron chi connectivity index (χ0n) is 7.69. The molecule has 0 unspecified atom stereocenters. The molecule has 84 valence electrons. The van der Waals surface area contributed by atoms with E-state index in [2.05, 4.69) is 0 Å². The van der Waals surface area contributed by atoms with Crippen molar-refractivity contribution in [2.24, 2.45) is 0 Å². The summed E-state index contributed by atoms with van der Waals surface area (Å²) in [6.45, 7) is 0. The first kappa shape index (κ1) is 11.9.